The van der Waals surface area contributed by atoms with Gasteiger partial charge in [0.1, 0.15) is 5.75 Å². The number of aromatic nitrogens is 3. The van der Waals surface area contributed by atoms with E-state index in [9.17, 15) is 4.79 Å². The van der Waals surface area contributed by atoms with Crippen molar-refractivity contribution in [3.8, 4) is 22.8 Å². The van der Waals surface area contributed by atoms with Crippen LogP contribution in [0.1, 0.15) is 11.1 Å². The third-order valence-electron chi connectivity index (χ3n) is 5.42. The number of aryl methyl sites for hydroxylation is 1. The van der Waals surface area contributed by atoms with Crippen LogP contribution < -0.4 is 4.74 Å². The zero-order chi connectivity index (χ0) is 23.2. The molecule has 0 unspecified atom stereocenters. The predicted molar refractivity (Wildman–Crippen MR) is 132 cm³/mol. The quantitative estimate of drug-likeness (QED) is 0.348. The summed E-state index contributed by atoms with van der Waals surface area (Å²) in [7, 11) is 3.48. The van der Waals surface area contributed by atoms with Gasteiger partial charge in [-0.05, 0) is 54.4 Å². The van der Waals surface area contributed by atoms with E-state index in [0.717, 1.165) is 22.6 Å². The molecule has 0 radical (unpaired) electrons. The zero-order valence-corrected chi connectivity index (χ0v) is 19.7. The van der Waals surface area contributed by atoms with E-state index in [-0.39, 0.29) is 11.7 Å². The molecule has 33 heavy (non-hydrogen) atoms. The van der Waals surface area contributed by atoms with Gasteiger partial charge < -0.3 is 9.64 Å². The first kappa shape index (κ1) is 22.6. The molecule has 0 N–H and O–H groups in total. The van der Waals surface area contributed by atoms with Crippen molar-refractivity contribution in [1.29, 1.82) is 0 Å². The van der Waals surface area contributed by atoms with Gasteiger partial charge in [0.25, 0.3) is 0 Å². The number of hydrogen-bond donors (Lipinski definition) is 0. The summed E-state index contributed by atoms with van der Waals surface area (Å²) in [5, 5.41) is 9.53. The molecule has 0 atom stereocenters. The average Bonchev–Trinajstić information content (AvgIpc) is 3.28. The summed E-state index contributed by atoms with van der Waals surface area (Å²) in [5.74, 6) is 1.81. The summed E-state index contributed by atoms with van der Waals surface area (Å²) >= 11 is 1.39. The van der Waals surface area contributed by atoms with Crippen molar-refractivity contribution in [2.45, 2.75) is 18.6 Å². The van der Waals surface area contributed by atoms with Crippen LogP contribution in [0.2, 0.25) is 0 Å². The number of thioether (sulfide) groups is 1. The summed E-state index contributed by atoms with van der Waals surface area (Å²) in [4.78, 5) is 14.6. The Morgan fingerprint density at radius 1 is 0.970 bits per heavy atom. The monoisotopic (exact) mass is 458 g/mol. The Morgan fingerprint density at radius 3 is 2.36 bits per heavy atom. The average molecular weight is 459 g/mol. The lowest BCUT2D eigenvalue weighted by atomic mass is 10.1. The Morgan fingerprint density at radius 2 is 1.67 bits per heavy atom. The highest BCUT2D eigenvalue weighted by Gasteiger charge is 2.18. The Hall–Kier alpha value is -3.58. The molecule has 168 valence electrons. The van der Waals surface area contributed by atoms with Gasteiger partial charge in [-0.25, -0.2) is 0 Å². The van der Waals surface area contributed by atoms with Crippen LogP contribution in [0.3, 0.4) is 0 Å². The third kappa shape index (κ3) is 5.26. The fraction of sp³-hybridized carbons (Fsp3) is 0.192. The van der Waals surface area contributed by atoms with E-state index >= 15 is 0 Å². The van der Waals surface area contributed by atoms with E-state index < -0.39 is 0 Å². The number of benzene rings is 3. The van der Waals surface area contributed by atoms with Gasteiger partial charge >= 0.3 is 0 Å². The molecule has 0 aliphatic rings. The zero-order valence-electron chi connectivity index (χ0n) is 18.9. The van der Waals surface area contributed by atoms with Crippen LogP contribution >= 0.6 is 11.8 Å². The fourth-order valence-corrected chi connectivity index (χ4v) is 4.36. The Balaban J connectivity index is 1.55. The molecule has 4 rings (SSSR count). The first-order valence-electron chi connectivity index (χ1n) is 10.6. The Labute approximate surface area is 198 Å². The topological polar surface area (TPSA) is 60.3 Å². The minimum Gasteiger partial charge on any atom is -0.497 e. The molecule has 0 saturated carbocycles. The van der Waals surface area contributed by atoms with Crippen LogP contribution in [0.4, 0.5) is 0 Å². The largest absolute Gasteiger partial charge is 0.497 e. The molecule has 7 heteroatoms. The number of amides is 1. The van der Waals surface area contributed by atoms with E-state index in [1.165, 1.54) is 17.3 Å². The van der Waals surface area contributed by atoms with Crippen molar-refractivity contribution in [2.75, 3.05) is 19.9 Å². The lowest BCUT2D eigenvalue weighted by molar-refractivity contribution is -0.127. The summed E-state index contributed by atoms with van der Waals surface area (Å²) < 4.78 is 7.26. The molecule has 0 spiro atoms. The summed E-state index contributed by atoms with van der Waals surface area (Å²) in [6, 6.07) is 25.8. The second-order valence-electron chi connectivity index (χ2n) is 7.67. The Bertz CT molecular complexity index is 1220. The molecule has 3 aromatic carbocycles. The molecule has 4 aromatic rings. The first-order valence-corrected chi connectivity index (χ1v) is 11.6. The van der Waals surface area contributed by atoms with Crippen LogP contribution in [-0.2, 0) is 11.3 Å². The second kappa shape index (κ2) is 10.4. The van der Waals surface area contributed by atoms with Gasteiger partial charge in [0.2, 0.25) is 5.91 Å². The number of carbonyl (C=O) groups is 1. The summed E-state index contributed by atoms with van der Waals surface area (Å²) in [6.45, 7) is 2.64. The van der Waals surface area contributed by atoms with Crippen LogP contribution in [0, 0.1) is 6.92 Å². The van der Waals surface area contributed by atoms with E-state index in [2.05, 4.69) is 29.3 Å². The number of carbonyl (C=O) groups excluding carboxylic acids is 1. The number of rotatable bonds is 8. The number of methoxy groups -OCH3 is 1. The van der Waals surface area contributed by atoms with Gasteiger partial charge in [-0.1, -0.05) is 54.2 Å². The highest BCUT2D eigenvalue weighted by atomic mass is 32.2. The normalized spacial score (nSPS) is 10.8. The molecule has 0 bridgehead atoms. The summed E-state index contributed by atoms with van der Waals surface area (Å²) in [6.07, 6.45) is 0. The minimum atomic E-state index is 0.0388. The number of hydrogen-bond acceptors (Lipinski definition) is 5. The van der Waals surface area contributed by atoms with Gasteiger partial charge in [0.15, 0.2) is 11.0 Å². The molecule has 1 aromatic heterocycles. The van der Waals surface area contributed by atoms with Crippen LogP contribution in [0.15, 0.2) is 84.0 Å². The molecular weight excluding hydrogens is 432 g/mol. The maximum Gasteiger partial charge on any atom is 0.233 e. The highest BCUT2D eigenvalue weighted by molar-refractivity contribution is 7.99. The Kier molecular flexibility index (Phi) is 7.10. The van der Waals surface area contributed by atoms with Crippen molar-refractivity contribution in [2.24, 2.45) is 0 Å². The lowest BCUT2D eigenvalue weighted by Gasteiger charge is -2.18. The van der Waals surface area contributed by atoms with Crippen LogP contribution in [0.25, 0.3) is 17.1 Å². The SMILES string of the molecule is COc1ccc(-c2nnc(SCC(=O)N(C)Cc3ccccc3C)n2-c2ccccc2)cc1. The smallest absolute Gasteiger partial charge is 0.233 e. The first-order chi connectivity index (χ1) is 16.1. The molecule has 6 nitrogen and oxygen atoms in total. The lowest BCUT2D eigenvalue weighted by Crippen LogP contribution is -2.28. The van der Waals surface area contributed by atoms with Crippen molar-refractivity contribution in [3.05, 3.63) is 90.0 Å². The number of ether oxygens (including phenoxy) is 1. The van der Waals surface area contributed by atoms with Gasteiger partial charge in [0, 0.05) is 24.8 Å². The third-order valence-corrected chi connectivity index (χ3v) is 6.33. The molecule has 0 aliphatic heterocycles. The van der Waals surface area contributed by atoms with E-state index in [1.807, 2.05) is 78.3 Å². The molecular formula is C26H26N4O2S. The molecule has 1 amide bonds. The van der Waals surface area contributed by atoms with Crippen LogP contribution in [-0.4, -0.2) is 45.5 Å². The number of para-hydroxylation sites is 1. The maximum absolute atomic E-state index is 12.9. The second-order valence-corrected chi connectivity index (χ2v) is 8.61. The van der Waals surface area contributed by atoms with E-state index in [1.54, 1.807) is 12.0 Å². The van der Waals surface area contributed by atoms with E-state index in [4.69, 9.17) is 4.74 Å². The fourth-order valence-electron chi connectivity index (χ4n) is 3.47. The summed E-state index contributed by atoms with van der Waals surface area (Å²) in [5.41, 5.74) is 4.18. The molecule has 0 saturated heterocycles. The van der Waals surface area contributed by atoms with Crippen LogP contribution in [0.5, 0.6) is 5.75 Å². The predicted octanol–water partition coefficient (Wildman–Crippen LogP) is 5.00. The van der Waals surface area contributed by atoms with Crippen molar-refractivity contribution >= 4 is 17.7 Å². The standard InChI is InChI=1S/C26H26N4O2S/c1-19-9-7-8-10-21(19)17-29(2)24(31)18-33-26-28-27-25(20-13-15-23(32-3)16-14-20)30(26)22-11-5-4-6-12-22/h4-16H,17-18H2,1-3H3. The van der Waals surface area contributed by atoms with Gasteiger partial charge in [-0.2, -0.15) is 0 Å². The van der Waals surface area contributed by atoms with Crippen molar-refractivity contribution in [3.63, 3.8) is 0 Å². The van der Waals surface area contributed by atoms with Gasteiger partial charge in [-0.15, -0.1) is 10.2 Å². The van der Waals surface area contributed by atoms with Gasteiger partial charge in [-0.3, -0.25) is 9.36 Å². The molecule has 0 aliphatic carbocycles. The number of nitrogens with zero attached hydrogens (tertiary/aromatic N) is 4. The highest BCUT2D eigenvalue weighted by Crippen LogP contribution is 2.29. The minimum absolute atomic E-state index is 0.0388. The van der Waals surface area contributed by atoms with E-state index in [0.29, 0.717) is 17.5 Å². The van der Waals surface area contributed by atoms with Gasteiger partial charge in [0.05, 0.1) is 12.9 Å². The molecule has 1 heterocycles. The van der Waals surface area contributed by atoms with Crippen molar-refractivity contribution < 1.29 is 9.53 Å². The molecule has 0 fully saturated rings. The van der Waals surface area contributed by atoms with Crippen molar-refractivity contribution in [1.82, 2.24) is 19.7 Å². The maximum atomic E-state index is 12.9.